The summed E-state index contributed by atoms with van der Waals surface area (Å²) in [7, 11) is 0. The minimum Gasteiger partial charge on any atom is -0.0651 e. The maximum Gasteiger partial charge on any atom is -0.0244 e. The van der Waals surface area contributed by atoms with Crippen LogP contribution in [0.1, 0.15) is 54.4 Å². The first kappa shape index (κ1) is 11.1. The highest BCUT2D eigenvalue weighted by atomic mass is 14.6. The van der Waals surface area contributed by atoms with Crippen LogP contribution in [0.4, 0.5) is 0 Å². The SMILES string of the molecule is CCC1CC(C(C)C)C1(C)C(C)C. The van der Waals surface area contributed by atoms with E-state index < -0.39 is 0 Å². The summed E-state index contributed by atoms with van der Waals surface area (Å²) in [6.45, 7) is 14.4. The van der Waals surface area contributed by atoms with Gasteiger partial charge >= 0.3 is 0 Å². The molecule has 0 aliphatic heterocycles. The van der Waals surface area contributed by atoms with E-state index in [-0.39, 0.29) is 0 Å². The van der Waals surface area contributed by atoms with E-state index in [2.05, 4.69) is 41.5 Å². The van der Waals surface area contributed by atoms with Gasteiger partial charge < -0.3 is 0 Å². The van der Waals surface area contributed by atoms with E-state index >= 15 is 0 Å². The van der Waals surface area contributed by atoms with Crippen molar-refractivity contribution in [2.24, 2.45) is 29.1 Å². The van der Waals surface area contributed by atoms with Gasteiger partial charge in [0, 0.05) is 0 Å². The molecular formula is C13H26. The lowest BCUT2D eigenvalue weighted by Crippen LogP contribution is -2.52. The van der Waals surface area contributed by atoms with Gasteiger partial charge in [-0.25, -0.2) is 0 Å². The first-order valence-electron chi connectivity index (χ1n) is 5.94. The van der Waals surface area contributed by atoms with E-state index in [9.17, 15) is 0 Å². The molecule has 0 radical (unpaired) electrons. The number of hydrogen-bond donors (Lipinski definition) is 0. The van der Waals surface area contributed by atoms with Gasteiger partial charge in [-0.2, -0.15) is 0 Å². The molecule has 0 spiro atoms. The molecule has 0 aromatic heterocycles. The Hall–Kier alpha value is 0. The van der Waals surface area contributed by atoms with Crippen molar-refractivity contribution in [1.29, 1.82) is 0 Å². The molecule has 1 fully saturated rings. The highest BCUT2D eigenvalue weighted by Crippen LogP contribution is 2.59. The molecular weight excluding hydrogens is 156 g/mol. The first-order valence-corrected chi connectivity index (χ1v) is 5.94. The lowest BCUT2D eigenvalue weighted by Gasteiger charge is -2.59. The second kappa shape index (κ2) is 3.63. The Bertz CT molecular complexity index is 169. The third kappa shape index (κ3) is 1.53. The van der Waals surface area contributed by atoms with Crippen molar-refractivity contribution >= 4 is 0 Å². The second-order valence-corrected chi connectivity index (χ2v) is 5.71. The Morgan fingerprint density at radius 1 is 1.23 bits per heavy atom. The van der Waals surface area contributed by atoms with Gasteiger partial charge in [0.05, 0.1) is 0 Å². The average Bonchev–Trinajstić information content (AvgIpc) is 2.00. The molecule has 0 amide bonds. The zero-order valence-corrected chi connectivity index (χ0v) is 10.2. The first-order chi connectivity index (χ1) is 5.94. The largest absolute Gasteiger partial charge is 0.0651 e. The molecule has 1 rings (SSSR count). The molecule has 0 saturated heterocycles. The molecule has 0 heteroatoms. The fourth-order valence-corrected chi connectivity index (χ4v) is 3.45. The third-order valence-corrected chi connectivity index (χ3v) is 4.76. The van der Waals surface area contributed by atoms with Crippen LogP contribution in [0.2, 0.25) is 0 Å². The topological polar surface area (TPSA) is 0 Å². The van der Waals surface area contributed by atoms with Crippen molar-refractivity contribution in [3.8, 4) is 0 Å². The summed E-state index contributed by atoms with van der Waals surface area (Å²) >= 11 is 0. The molecule has 13 heavy (non-hydrogen) atoms. The molecule has 78 valence electrons. The highest BCUT2D eigenvalue weighted by Gasteiger charge is 2.52. The Labute approximate surface area is 84.1 Å². The molecule has 3 unspecified atom stereocenters. The highest BCUT2D eigenvalue weighted by molar-refractivity contribution is 5.01. The van der Waals surface area contributed by atoms with Gasteiger partial charge in [0.25, 0.3) is 0 Å². The van der Waals surface area contributed by atoms with Crippen molar-refractivity contribution in [2.75, 3.05) is 0 Å². The fraction of sp³-hybridized carbons (Fsp3) is 1.00. The molecule has 0 heterocycles. The summed E-state index contributed by atoms with van der Waals surface area (Å²) in [6, 6.07) is 0. The van der Waals surface area contributed by atoms with E-state index in [1.807, 2.05) is 0 Å². The summed E-state index contributed by atoms with van der Waals surface area (Å²) in [5, 5.41) is 0. The van der Waals surface area contributed by atoms with Crippen LogP contribution in [0.5, 0.6) is 0 Å². The smallest absolute Gasteiger partial charge is 0.0244 e. The van der Waals surface area contributed by atoms with Gasteiger partial charge in [-0.3, -0.25) is 0 Å². The van der Waals surface area contributed by atoms with Crippen LogP contribution >= 0.6 is 0 Å². The third-order valence-electron chi connectivity index (χ3n) is 4.76. The Kier molecular flexibility index (Phi) is 3.09. The van der Waals surface area contributed by atoms with Gasteiger partial charge in [0.15, 0.2) is 0 Å². The lowest BCUT2D eigenvalue weighted by atomic mass is 9.46. The van der Waals surface area contributed by atoms with Crippen LogP contribution in [-0.4, -0.2) is 0 Å². The minimum atomic E-state index is 0.628. The van der Waals surface area contributed by atoms with Crippen molar-refractivity contribution in [1.82, 2.24) is 0 Å². The standard InChI is InChI=1S/C13H26/c1-7-11-8-12(9(2)3)13(11,6)10(4)5/h9-12H,7-8H2,1-6H3. The predicted octanol–water partition coefficient (Wildman–Crippen LogP) is 4.35. The molecule has 1 aliphatic carbocycles. The Morgan fingerprint density at radius 2 is 1.77 bits per heavy atom. The maximum atomic E-state index is 2.51. The van der Waals surface area contributed by atoms with Crippen LogP contribution in [0, 0.1) is 29.1 Å². The molecule has 0 aromatic rings. The van der Waals surface area contributed by atoms with E-state index in [4.69, 9.17) is 0 Å². The Morgan fingerprint density at radius 3 is 2.08 bits per heavy atom. The zero-order valence-electron chi connectivity index (χ0n) is 10.2. The van der Waals surface area contributed by atoms with Gasteiger partial charge in [0.1, 0.15) is 0 Å². The molecule has 0 bridgehead atoms. The number of rotatable bonds is 3. The second-order valence-electron chi connectivity index (χ2n) is 5.71. The van der Waals surface area contributed by atoms with Crippen LogP contribution < -0.4 is 0 Å². The maximum absolute atomic E-state index is 2.51. The quantitative estimate of drug-likeness (QED) is 0.608. The van der Waals surface area contributed by atoms with Crippen LogP contribution in [0.15, 0.2) is 0 Å². The van der Waals surface area contributed by atoms with Crippen LogP contribution in [-0.2, 0) is 0 Å². The summed E-state index contributed by atoms with van der Waals surface area (Å²) in [6.07, 6.45) is 2.85. The van der Waals surface area contributed by atoms with Gasteiger partial charge in [-0.1, -0.05) is 48.0 Å². The van der Waals surface area contributed by atoms with E-state index in [0.717, 1.165) is 23.7 Å². The van der Waals surface area contributed by atoms with Crippen molar-refractivity contribution in [3.63, 3.8) is 0 Å². The van der Waals surface area contributed by atoms with E-state index in [1.54, 1.807) is 0 Å². The normalized spacial score (nSPS) is 39.7. The molecule has 1 saturated carbocycles. The zero-order chi connectivity index (χ0) is 10.2. The summed E-state index contributed by atoms with van der Waals surface area (Å²) in [4.78, 5) is 0. The van der Waals surface area contributed by atoms with E-state index in [0.29, 0.717) is 5.41 Å². The monoisotopic (exact) mass is 182 g/mol. The number of hydrogen-bond acceptors (Lipinski definition) is 0. The summed E-state index contributed by atoms with van der Waals surface area (Å²) in [5.74, 6) is 3.67. The minimum absolute atomic E-state index is 0.628. The molecule has 1 aliphatic rings. The average molecular weight is 182 g/mol. The van der Waals surface area contributed by atoms with E-state index in [1.165, 1.54) is 12.8 Å². The van der Waals surface area contributed by atoms with Crippen molar-refractivity contribution in [3.05, 3.63) is 0 Å². The van der Waals surface area contributed by atoms with Gasteiger partial charge in [-0.05, 0) is 35.5 Å². The van der Waals surface area contributed by atoms with Crippen molar-refractivity contribution in [2.45, 2.75) is 54.4 Å². The van der Waals surface area contributed by atoms with Gasteiger partial charge in [0.2, 0.25) is 0 Å². The van der Waals surface area contributed by atoms with Crippen LogP contribution in [0.25, 0.3) is 0 Å². The predicted molar refractivity (Wildman–Crippen MR) is 59.7 cm³/mol. The summed E-state index contributed by atoms with van der Waals surface area (Å²) in [5.41, 5.74) is 0.628. The Balaban J connectivity index is 2.74. The van der Waals surface area contributed by atoms with Crippen molar-refractivity contribution < 1.29 is 0 Å². The van der Waals surface area contributed by atoms with Gasteiger partial charge in [-0.15, -0.1) is 0 Å². The molecule has 0 N–H and O–H groups in total. The summed E-state index contributed by atoms with van der Waals surface area (Å²) < 4.78 is 0. The lowest BCUT2D eigenvalue weighted by molar-refractivity contribution is -0.102. The molecule has 0 nitrogen and oxygen atoms in total. The molecule has 3 atom stereocenters. The van der Waals surface area contributed by atoms with Crippen LogP contribution in [0.3, 0.4) is 0 Å². The molecule has 0 aromatic carbocycles. The fourth-order valence-electron chi connectivity index (χ4n) is 3.45.